The molecule has 0 aliphatic rings. The van der Waals surface area contributed by atoms with E-state index in [0.29, 0.717) is 0 Å². The van der Waals surface area contributed by atoms with E-state index < -0.39 is 0 Å². The molecule has 0 heterocycles. The monoisotopic (exact) mass is 264 g/mol. The maximum absolute atomic E-state index is 9.29. The van der Waals surface area contributed by atoms with Crippen LogP contribution in [0.4, 0.5) is 0 Å². The Kier molecular flexibility index (Phi) is 5.34. The van der Waals surface area contributed by atoms with Gasteiger partial charge in [0.25, 0.3) is 0 Å². The van der Waals surface area contributed by atoms with Gasteiger partial charge in [0, 0.05) is 0 Å². The molecule has 0 amide bonds. The molecular weight excluding hydrogens is 244 g/mol. The van der Waals surface area contributed by atoms with Gasteiger partial charge < -0.3 is 0 Å². The third kappa shape index (κ3) is 3.69. The SMILES string of the molecule is CCCC(C#N)NC(c1ccccc1)c1ccccc1. The van der Waals surface area contributed by atoms with Gasteiger partial charge in [0.2, 0.25) is 0 Å². The van der Waals surface area contributed by atoms with Crippen molar-refractivity contribution >= 4 is 0 Å². The summed E-state index contributed by atoms with van der Waals surface area (Å²) in [6.45, 7) is 2.10. The zero-order valence-corrected chi connectivity index (χ0v) is 11.8. The molecule has 2 rings (SSSR count). The van der Waals surface area contributed by atoms with Crippen LogP contribution in [-0.2, 0) is 0 Å². The van der Waals surface area contributed by atoms with Gasteiger partial charge in [-0.25, -0.2) is 0 Å². The molecule has 1 N–H and O–H groups in total. The van der Waals surface area contributed by atoms with Crippen molar-refractivity contribution < 1.29 is 0 Å². The van der Waals surface area contributed by atoms with Crippen LogP contribution < -0.4 is 5.32 Å². The maximum Gasteiger partial charge on any atom is 0.0960 e. The molecule has 20 heavy (non-hydrogen) atoms. The number of rotatable bonds is 6. The fourth-order valence-electron chi connectivity index (χ4n) is 2.35. The van der Waals surface area contributed by atoms with Crippen molar-refractivity contribution in [1.29, 1.82) is 5.26 Å². The molecule has 0 aromatic heterocycles. The van der Waals surface area contributed by atoms with Crippen LogP contribution >= 0.6 is 0 Å². The Labute approximate surface area is 121 Å². The van der Waals surface area contributed by atoms with Gasteiger partial charge in [-0.15, -0.1) is 0 Å². The number of nitrogens with one attached hydrogen (secondary N) is 1. The molecular formula is C18H20N2. The van der Waals surface area contributed by atoms with Gasteiger partial charge in [0.1, 0.15) is 0 Å². The summed E-state index contributed by atoms with van der Waals surface area (Å²) in [5.74, 6) is 0. The molecule has 1 unspecified atom stereocenters. The minimum Gasteiger partial charge on any atom is -0.291 e. The smallest absolute Gasteiger partial charge is 0.0960 e. The van der Waals surface area contributed by atoms with E-state index in [0.717, 1.165) is 12.8 Å². The third-order valence-electron chi connectivity index (χ3n) is 3.37. The van der Waals surface area contributed by atoms with E-state index in [4.69, 9.17) is 0 Å². The normalized spacial score (nSPS) is 12.1. The molecule has 0 saturated heterocycles. The van der Waals surface area contributed by atoms with Crippen LogP contribution in [-0.4, -0.2) is 6.04 Å². The lowest BCUT2D eigenvalue weighted by Gasteiger charge is -2.22. The quantitative estimate of drug-likeness (QED) is 0.854. The highest BCUT2D eigenvalue weighted by Gasteiger charge is 2.17. The topological polar surface area (TPSA) is 35.8 Å². The fraction of sp³-hybridized carbons (Fsp3) is 0.278. The highest BCUT2D eigenvalue weighted by atomic mass is 14.9. The van der Waals surface area contributed by atoms with Gasteiger partial charge in [-0.3, -0.25) is 5.32 Å². The van der Waals surface area contributed by atoms with Crippen molar-refractivity contribution in [3.05, 3.63) is 71.8 Å². The first-order valence-electron chi connectivity index (χ1n) is 7.10. The summed E-state index contributed by atoms with van der Waals surface area (Å²) in [6, 6.07) is 22.9. The van der Waals surface area contributed by atoms with Crippen molar-refractivity contribution in [2.75, 3.05) is 0 Å². The summed E-state index contributed by atoms with van der Waals surface area (Å²) >= 11 is 0. The van der Waals surface area contributed by atoms with E-state index >= 15 is 0 Å². The zero-order chi connectivity index (χ0) is 14.2. The van der Waals surface area contributed by atoms with Crippen LogP contribution in [0, 0.1) is 11.3 Å². The Morgan fingerprint density at radius 1 is 0.950 bits per heavy atom. The first-order valence-corrected chi connectivity index (χ1v) is 7.10. The Morgan fingerprint density at radius 3 is 1.85 bits per heavy atom. The highest BCUT2D eigenvalue weighted by Crippen LogP contribution is 2.22. The Balaban J connectivity index is 2.28. The summed E-state index contributed by atoms with van der Waals surface area (Å²) < 4.78 is 0. The van der Waals surface area contributed by atoms with Crippen LogP contribution in [0.5, 0.6) is 0 Å². The standard InChI is InChI=1S/C18H20N2/c1-2-9-17(14-19)20-18(15-10-5-3-6-11-15)16-12-7-4-8-13-16/h3-8,10-13,17-18,20H,2,9H2,1H3. The van der Waals surface area contributed by atoms with Crippen LogP contribution in [0.3, 0.4) is 0 Å². The first kappa shape index (κ1) is 14.3. The summed E-state index contributed by atoms with van der Waals surface area (Å²) in [5.41, 5.74) is 2.38. The number of nitriles is 1. The summed E-state index contributed by atoms with van der Waals surface area (Å²) in [6.07, 6.45) is 1.87. The van der Waals surface area contributed by atoms with Gasteiger partial charge in [0.15, 0.2) is 0 Å². The molecule has 1 atom stereocenters. The lowest BCUT2D eigenvalue weighted by Crippen LogP contribution is -2.32. The Morgan fingerprint density at radius 2 is 1.45 bits per heavy atom. The molecule has 2 nitrogen and oxygen atoms in total. The average molecular weight is 264 g/mol. The highest BCUT2D eigenvalue weighted by molar-refractivity contribution is 5.32. The molecule has 2 aromatic carbocycles. The van der Waals surface area contributed by atoms with Gasteiger partial charge in [-0.2, -0.15) is 5.26 Å². The molecule has 0 spiro atoms. The summed E-state index contributed by atoms with van der Waals surface area (Å²) in [5, 5.41) is 12.8. The molecule has 0 saturated carbocycles. The van der Waals surface area contributed by atoms with Crippen molar-refractivity contribution in [1.82, 2.24) is 5.32 Å². The van der Waals surface area contributed by atoms with Crippen molar-refractivity contribution in [3.63, 3.8) is 0 Å². The zero-order valence-electron chi connectivity index (χ0n) is 11.8. The minimum atomic E-state index is -0.120. The van der Waals surface area contributed by atoms with Crippen LogP contribution in [0.25, 0.3) is 0 Å². The van der Waals surface area contributed by atoms with E-state index in [1.165, 1.54) is 11.1 Å². The second-order valence-electron chi connectivity index (χ2n) is 4.89. The molecule has 0 aliphatic carbocycles. The summed E-state index contributed by atoms with van der Waals surface area (Å²) in [4.78, 5) is 0. The second-order valence-corrected chi connectivity index (χ2v) is 4.89. The van der Waals surface area contributed by atoms with Crippen molar-refractivity contribution in [2.24, 2.45) is 0 Å². The molecule has 102 valence electrons. The van der Waals surface area contributed by atoms with Crippen molar-refractivity contribution in [2.45, 2.75) is 31.8 Å². The molecule has 0 bridgehead atoms. The van der Waals surface area contributed by atoms with Crippen molar-refractivity contribution in [3.8, 4) is 6.07 Å². The number of hydrogen-bond donors (Lipinski definition) is 1. The first-order chi connectivity index (χ1) is 9.85. The molecule has 2 heteroatoms. The lowest BCUT2D eigenvalue weighted by atomic mass is 9.97. The molecule has 0 fully saturated rings. The number of benzene rings is 2. The largest absolute Gasteiger partial charge is 0.291 e. The number of hydrogen-bond acceptors (Lipinski definition) is 2. The van der Waals surface area contributed by atoms with E-state index in [2.05, 4.69) is 42.6 Å². The van der Waals surface area contributed by atoms with E-state index in [1.54, 1.807) is 0 Å². The van der Waals surface area contributed by atoms with E-state index in [1.807, 2.05) is 36.4 Å². The van der Waals surface area contributed by atoms with Crippen LogP contribution in [0.15, 0.2) is 60.7 Å². The maximum atomic E-state index is 9.29. The predicted molar refractivity (Wildman–Crippen MR) is 82.2 cm³/mol. The third-order valence-corrected chi connectivity index (χ3v) is 3.37. The minimum absolute atomic E-state index is 0.0635. The Hall–Kier alpha value is -2.11. The van der Waals surface area contributed by atoms with Crippen LogP contribution in [0.2, 0.25) is 0 Å². The van der Waals surface area contributed by atoms with Gasteiger partial charge >= 0.3 is 0 Å². The molecule has 0 aliphatic heterocycles. The predicted octanol–water partition coefficient (Wildman–Crippen LogP) is 4.06. The van der Waals surface area contributed by atoms with E-state index in [9.17, 15) is 5.26 Å². The van der Waals surface area contributed by atoms with Gasteiger partial charge in [0.05, 0.1) is 18.2 Å². The summed E-state index contributed by atoms with van der Waals surface area (Å²) in [7, 11) is 0. The van der Waals surface area contributed by atoms with E-state index in [-0.39, 0.29) is 12.1 Å². The van der Waals surface area contributed by atoms with Crippen LogP contribution in [0.1, 0.15) is 36.9 Å². The number of nitrogens with zero attached hydrogens (tertiary/aromatic N) is 1. The van der Waals surface area contributed by atoms with Gasteiger partial charge in [-0.05, 0) is 17.5 Å². The Bertz CT molecular complexity index is 503. The average Bonchev–Trinajstić information content (AvgIpc) is 2.53. The molecule has 0 radical (unpaired) electrons. The molecule has 2 aromatic rings. The lowest BCUT2D eigenvalue weighted by molar-refractivity contribution is 0.510. The second kappa shape index (κ2) is 7.47. The van der Waals surface area contributed by atoms with Gasteiger partial charge in [-0.1, -0.05) is 74.0 Å². The fourth-order valence-corrected chi connectivity index (χ4v) is 2.35.